The number of rotatable bonds is 2. The molecule has 2 N–H and O–H groups in total. The molecule has 4 aromatic rings. The minimum Gasteiger partial charge on any atom is -0.367 e. The van der Waals surface area contributed by atoms with E-state index in [-0.39, 0.29) is 5.95 Å². The van der Waals surface area contributed by atoms with Gasteiger partial charge < -0.3 is 5.73 Å². The zero-order chi connectivity index (χ0) is 18.1. The average Bonchev–Trinajstić information content (AvgIpc) is 3.23. The van der Waals surface area contributed by atoms with Crippen molar-refractivity contribution in [3.8, 4) is 11.1 Å². The highest BCUT2D eigenvalue weighted by Crippen LogP contribution is 2.25. The summed E-state index contributed by atoms with van der Waals surface area (Å²) in [4.78, 5) is 12.8. The first-order valence-electron chi connectivity index (χ1n) is 9.08. The Hall–Kier alpha value is -2.96. The minimum absolute atomic E-state index is 0.251. The fraction of sp³-hybridized carbons (Fsp3) is 0.368. The number of imidazole rings is 1. The van der Waals surface area contributed by atoms with Crippen LogP contribution in [-0.4, -0.2) is 29.0 Å². The van der Waals surface area contributed by atoms with Gasteiger partial charge in [0.2, 0.25) is 11.7 Å². The molecule has 0 bridgehead atoms. The zero-order valence-electron chi connectivity index (χ0n) is 15.1. The van der Waals surface area contributed by atoms with Crippen LogP contribution in [0.3, 0.4) is 0 Å². The third-order valence-electron chi connectivity index (χ3n) is 4.94. The summed E-state index contributed by atoms with van der Waals surface area (Å²) in [6.07, 6.45) is 14.7. The Morgan fingerprint density at radius 1 is 1.15 bits per heavy atom. The maximum atomic E-state index is 5.60. The quantitative estimate of drug-likeness (QED) is 0.599. The third kappa shape index (κ3) is 3.00. The largest absolute Gasteiger partial charge is 0.367 e. The number of hydrogen-bond donors (Lipinski definition) is 1. The molecule has 1 saturated carbocycles. The lowest BCUT2D eigenvalue weighted by molar-refractivity contribution is 0.346. The van der Waals surface area contributed by atoms with Crippen molar-refractivity contribution in [2.75, 3.05) is 5.73 Å². The van der Waals surface area contributed by atoms with Gasteiger partial charge in [0.05, 0.1) is 17.9 Å². The summed E-state index contributed by atoms with van der Waals surface area (Å²) in [7, 11) is 0. The highest BCUT2D eigenvalue weighted by atomic mass is 15.3. The van der Waals surface area contributed by atoms with Gasteiger partial charge in [-0.1, -0.05) is 33.1 Å². The standard InChI is InChI=1S/C14H13N7.C5H10/c1-2-10-6-18-14-17-5-9(8-20(10)14)11-3-4-21-12(11)7-16-13(15)19-21;1-5-3-2-4-5/h3-8H,2H2,1H3,(H2,15,19);5H,2-4H2,1H3. The summed E-state index contributed by atoms with van der Waals surface area (Å²) in [5.41, 5.74) is 9.63. The van der Waals surface area contributed by atoms with Crippen molar-refractivity contribution in [3.05, 3.63) is 42.7 Å². The number of fused-ring (bicyclic) bond motifs is 2. The van der Waals surface area contributed by atoms with Gasteiger partial charge in [0.15, 0.2) is 0 Å². The van der Waals surface area contributed by atoms with Crippen molar-refractivity contribution in [3.63, 3.8) is 0 Å². The second-order valence-electron chi connectivity index (χ2n) is 6.83. The first-order valence-corrected chi connectivity index (χ1v) is 9.08. The predicted octanol–water partition coefficient (Wildman–Crippen LogP) is 3.39. The fourth-order valence-electron chi connectivity index (χ4n) is 3.09. The molecule has 1 fully saturated rings. The van der Waals surface area contributed by atoms with Crippen LogP contribution in [0.25, 0.3) is 22.4 Å². The van der Waals surface area contributed by atoms with E-state index in [1.807, 2.05) is 35.3 Å². The van der Waals surface area contributed by atoms with Gasteiger partial charge in [0, 0.05) is 35.4 Å². The Morgan fingerprint density at radius 2 is 1.92 bits per heavy atom. The van der Waals surface area contributed by atoms with Crippen LogP contribution in [0.5, 0.6) is 0 Å². The Bertz CT molecular complexity index is 1040. The molecule has 0 atom stereocenters. The van der Waals surface area contributed by atoms with E-state index in [9.17, 15) is 0 Å². The van der Waals surface area contributed by atoms with E-state index in [1.54, 1.807) is 10.7 Å². The van der Waals surface area contributed by atoms with Crippen molar-refractivity contribution < 1.29 is 0 Å². The molecule has 7 nitrogen and oxygen atoms in total. The number of nitrogen functional groups attached to an aromatic ring is 1. The molecule has 0 aliphatic heterocycles. The third-order valence-corrected chi connectivity index (χ3v) is 4.94. The summed E-state index contributed by atoms with van der Waals surface area (Å²) in [6.45, 7) is 4.41. The summed E-state index contributed by atoms with van der Waals surface area (Å²) in [5, 5.41) is 4.15. The predicted molar refractivity (Wildman–Crippen MR) is 102 cm³/mol. The van der Waals surface area contributed by atoms with Crippen LogP contribution < -0.4 is 5.73 Å². The van der Waals surface area contributed by atoms with Crippen LogP contribution in [0.1, 0.15) is 38.8 Å². The molecular formula is C19H23N7. The molecule has 134 valence electrons. The zero-order valence-corrected chi connectivity index (χ0v) is 15.1. The number of hydrogen-bond acceptors (Lipinski definition) is 5. The SMILES string of the molecule is CC1CCC1.CCc1cnc2ncc(-c3ccn4nc(N)ncc34)cn12. The van der Waals surface area contributed by atoms with Crippen molar-refractivity contribution in [2.24, 2.45) is 5.92 Å². The fourth-order valence-corrected chi connectivity index (χ4v) is 3.09. The van der Waals surface area contributed by atoms with Gasteiger partial charge in [-0.25, -0.2) is 19.5 Å². The molecule has 0 saturated heterocycles. The summed E-state index contributed by atoms with van der Waals surface area (Å²) >= 11 is 0. The maximum Gasteiger partial charge on any atom is 0.238 e. The second kappa shape index (κ2) is 6.74. The minimum atomic E-state index is 0.251. The lowest BCUT2D eigenvalue weighted by Gasteiger charge is -2.18. The van der Waals surface area contributed by atoms with Crippen molar-refractivity contribution in [1.29, 1.82) is 0 Å². The van der Waals surface area contributed by atoms with E-state index in [0.29, 0.717) is 5.78 Å². The van der Waals surface area contributed by atoms with E-state index in [1.165, 1.54) is 19.3 Å². The Labute approximate surface area is 151 Å². The van der Waals surface area contributed by atoms with E-state index in [4.69, 9.17) is 5.73 Å². The molecule has 0 unspecified atom stereocenters. The monoisotopic (exact) mass is 349 g/mol. The van der Waals surface area contributed by atoms with E-state index < -0.39 is 0 Å². The number of nitrogens with zero attached hydrogens (tertiary/aromatic N) is 6. The molecule has 4 aromatic heterocycles. The van der Waals surface area contributed by atoms with Crippen LogP contribution in [0, 0.1) is 5.92 Å². The van der Waals surface area contributed by atoms with Crippen molar-refractivity contribution >= 4 is 17.2 Å². The Balaban J connectivity index is 0.000000292. The lowest BCUT2D eigenvalue weighted by Crippen LogP contribution is -2.04. The molecule has 4 heterocycles. The Morgan fingerprint density at radius 3 is 2.62 bits per heavy atom. The lowest BCUT2D eigenvalue weighted by atomic mass is 9.88. The van der Waals surface area contributed by atoms with Crippen LogP contribution in [-0.2, 0) is 6.42 Å². The molecule has 0 radical (unpaired) electrons. The molecule has 0 spiro atoms. The van der Waals surface area contributed by atoms with Crippen LogP contribution in [0.4, 0.5) is 5.95 Å². The van der Waals surface area contributed by atoms with Crippen LogP contribution in [0.15, 0.2) is 37.1 Å². The summed E-state index contributed by atoms with van der Waals surface area (Å²) < 4.78 is 3.73. The smallest absolute Gasteiger partial charge is 0.238 e. The molecule has 0 aromatic carbocycles. The van der Waals surface area contributed by atoms with Crippen LogP contribution in [0.2, 0.25) is 0 Å². The number of nitrogens with two attached hydrogens (primary N) is 1. The van der Waals surface area contributed by atoms with Gasteiger partial charge in [0.25, 0.3) is 0 Å². The molecule has 5 rings (SSSR count). The van der Waals surface area contributed by atoms with Gasteiger partial charge in [0.1, 0.15) is 0 Å². The Kier molecular flexibility index (Phi) is 4.28. The van der Waals surface area contributed by atoms with Crippen molar-refractivity contribution in [1.82, 2.24) is 29.0 Å². The van der Waals surface area contributed by atoms with Crippen LogP contribution >= 0.6 is 0 Å². The number of anilines is 1. The first kappa shape index (κ1) is 16.5. The van der Waals surface area contributed by atoms with Gasteiger partial charge in [-0.05, 0) is 18.4 Å². The topological polar surface area (TPSA) is 86.4 Å². The highest BCUT2D eigenvalue weighted by molar-refractivity contribution is 5.79. The number of aryl methyl sites for hydroxylation is 1. The molecule has 1 aliphatic carbocycles. The summed E-state index contributed by atoms with van der Waals surface area (Å²) in [6, 6.07) is 1.98. The van der Waals surface area contributed by atoms with Crippen molar-refractivity contribution in [2.45, 2.75) is 39.5 Å². The average molecular weight is 349 g/mol. The van der Waals surface area contributed by atoms with Gasteiger partial charge in [-0.2, -0.15) is 0 Å². The first-order chi connectivity index (χ1) is 12.7. The molecular weight excluding hydrogens is 326 g/mol. The van der Waals surface area contributed by atoms with Gasteiger partial charge >= 0.3 is 0 Å². The highest BCUT2D eigenvalue weighted by Gasteiger charge is 2.10. The molecule has 26 heavy (non-hydrogen) atoms. The van der Waals surface area contributed by atoms with E-state index in [0.717, 1.165) is 34.7 Å². The van der Waals surface area contributed by atoms with E-state index in [2.05, 4.69) is 33.9 Å². The van der Waals surface area contributed by atoms with Gasteiger partial charge in [-0.3, -0.25) is 4.40 Å². The maximum absolute atomic E-state index is 5.60. The van der Waals surface area contributed by atoms with E-state index >= 15 is 0 Å². The van der Waals surface area contributed by atoms with Gasteiger partial charge in [-0.15, -0.1) is 5.10 Å². The molecule has 1 aliphatic rings. The normalized spacial score (nSPS) is 14.2. The molecule has 7 heteroatoms. The second-order valence-corrected chi connectivity index (χ2v) is 6.83. The summed E-state index contributed by atoms with van der Waals surface area (Å²) in [5.74, 6) is 2.02. The molecule has 0 amide bonds. The number of aromatic nitrogens is 6.